The zero-order valence-electron chi connectivity index (χ0n) is 21.5. The molecule has 1 N–H and O–H groups in total. The number of carbonyl (C=O) groups is 1. The number of benzene rings is 2. The highest BCUT2D eigenvalue weighted by Crippen LogP contribution is 2.33. The highest BCUT2D eigenvalue weighted by Gasteiger charge is 2.15. The van der Waals surface area contributed by atoms with Crippen molar-refractivity contribution in [3.05, 3.63) is 60.3 Å². The molecule has 1 aromatic heterocycles. The number of hydrogen-bond donors (Lipinski definition) is 1. The lowest BCUT2D eigenvalue weighted by Crippen LogP contribution is -2.18. The van der Waals surface area contributed by atoms with Gasteiger partial charge in [-0.15, -0.1) is 0 Å². The Morgan fingerprint density at radius 2 is 1.81 bits per heavy atom. The first-order valence-corrected chi connectivity index (χ1v) is 15.3. The first kappa shape index (κ1) is 28.6. The van der Waals surface area contributed by atoms with Crippen LogP contribution in [-0.2, 0) is 25.4 Å². The van der Waals surface area contributed by atoms with Crippen LogP contribution in [0.3, 0.4) is 0 Å². The molecule has 2 atom stereocenters. The van der Waals surface area contributed by atoms with Crippen molar-refractivity contribution in [2.45, 2.75) is 31.1 Å². The van der Waals surface area contributed by atoms with Crippen LogP contribution in [0.15, 0.2) is 59.6 Å². The minimum absolute atomic E-state index is 0.182. The molecule has 3 rings (SSSR count). The molecule has 0 spiro atoms. The molecule has 37 heavy (non-hydrogen) atoms. The molecule has 0 saturated carbocycles. The van der Waals surface area contributed by atoms with E-state index < -0.39 is 23.9 Å². The van der Waals surface area contributed by atoms with E-state index in [9.17, 15) is 13.2 Å². The van der Waals surface area contributed by atoms with Gasteiger partial charge in [-0.1, -0.05) is 0 Å². The van der Waals surface area contributed by atoms with Crippen molar-refractivity contribution in [1.29, 1.82) is 0 Å². The monoisotopic (exact) mass is 549 g/mol. The number of amides is 1. The van der Waals surface area contributed by atoms with Gasteiger partial charge in [-0.05, 0) is 56.9 Å². The number of methoxy groups -OCH3 is 1. The Bertz CT molecular complexity index is 1300. The third kappa shape index (κ3) is 8.82. The van der Waals surface area contributed by atoms with Gasteiger partial charge in [0.05, 0.1) is 17.8 Å². The fourth-order valence-electron chi connectivity index (χ4n) is 3.38. The molecular weight excluding hydrogens is 517 g/mol. The Morgan fingerprint density at radius 1 is 1.11 bits per heavy atom. The number of ether oxygens (including phenoxy) is 3. The fraction of sp³-hybridized carbons (Fsp3) is 0.360. The van der Waals surface area contributed by atoms with E-state index in [1.54, 1.807) is 54.4 Å². The van der Waals surface area contributed by atoms with Gasteiger partial charge in [0.1, 0.15) is 23.4 Å². The number of nitrogens with one attached hydrogen (secondary N) is 1. The molecule has 0 saturated heterocycles. The predicted octanol–water partition coefficient (Wildman–Crippen LogP) is 4.77. The van der Waals surface area contributed by atoms with Crippen LogP contribution < -0.4 is 14.8 Å². The van der Waals surface area contributed by atoms with Crippen molar-refractivity contribution in [1.82, 2.24) is 9.78 Å². The summed E-state index contributed by atoms with van der Waals surface area (Å²) >= 11 is 0. The fourth-order valence-corrected chi connectivity index (χ4v) is 5.10. The van der Waals surface area contributed by atoms with Gasteiger partial charge in [0, 0.05) is 52.0 Å². The van der Waals surface area contributed by atoms with Gasteiger partial charge >= 0.3 is 0 Å². The standard InChI is InChI=1S/C25H32N3O7PS/c1-6-33-36(4)17-28-12-11-24(27-28)26-25(29)19-13-21(34-18(2)16-32-3)15-22(14-19)35-20-7-9-23(10-8-20)37(5,30)31/h7-15,18H,6,16-17H2,1-5H3,(H,26,27,29)/t18-,36?/m0/s1. The third-order valence-corrected chi connectivity index (χ3v) is 7.46. The zero-order valence-corrected chi connectivity index (χ0v) is 23.2. The molecular formula is C25H32N3O7PS. The lowest BCUT2D eigenvalue weighted by atomic mass is 10.2. The lowest BCUT2D eigenvalue weighted by molar-refractivity contribution is 0.0915. The van der Waals surface area contributed by atoms with Crippen LogP contribution in [0.1, 0.15) is 24.2 Å². The minimum atomic E-state index is -3.33. The SMILES string of the molecule is CCOP(C)Cn1ccc(NC(=O)c2cc(Oc3ccc(S(C)(=O)=O)cc3)cc(O[C@@H](C)COC)c2)n1. The van der Waals surface area contributed by atoms with Crippen molar-refractivity contribution in [2.24, 2.45) is 0 Å². The highest BCUT2D eigenvalue weighted by atomic mass is 32.2. The summed E-state index contributed by atoms with van der Waals surface area (Å²) < 4.78 is 47.8. The first-order chi connectivity index (χ1) is 17.6. The smallest absolute Gasteiger partial charge is 0.257 e. The average Bonchev–Trinajstić information content (AvgIpc) is 3.25. The molecule has 0 aliphatic carbocycles. The number of sulfone groups is 1. The van der Waals surface area contributed by atoms with Crippen molar-refractivity contribution in [2.75, 3.05) is 38.6 Å². The van der Waals surface area contributed by atoms with Crippen LogP contribution in [-0.4, -0.2) is 63.5 Å². The summed E-state index contributed by atoms with van der Waals surface area (Å²) in [7, 11) is -2.40. The summed E-state index contributed by atoms with van der Waals surface area (Å²) in [6.07, 6.45) is 3.28. The van der Waals surface area contributed by atoms with Gasteiger partial charge in [0.25, 0.3) is 5.91 Å². The summed E-state index contributed by atoms with van der Waals surface area (Å²) in [5, 5.41) is 7.20. The van der Waals surface area contributed by atoms with Crippen LogP contribution >= 0.6 is 8.15 Å². The van der Waals surface area contributed by atoms with E-state index in [0.29, 0.717) is 48.1 Å². The summed E-state index contributed by atoms with van der Waals surface area (Å²) in [5.74, 6) is 1.18. The maximum Gasteiger partial charge on any atom is 0.257 e. The molecule has 0 fully saturated rings. The maximum atomic E-state index is 13.1. The van der Waals surface area contributed by atoms with Crippen LogP contribution in [0, 0.1) is 0 Å². The third-order valence-electron chi connectivity index (χ3n) is 4.94. The van der Waals surface area contributed by atoms with Crippen molar-refractivity contribution in [3.63, 3.8) is 0 Å². The number of carbonyl (C=O) groups excluding carboxylic acids is 1. The van der Waals surface area contributed by atoms with E-state index in [1.165, 1.54) is 12.1 Å². The molecule has 1 heterocycles. The molecule has 12 heteroatoms. The number of rotatable bonds is 13. The Balaban J connectivity index is 1.81. The second-order valence-corrected chi connectivity index (χ2v) is 12.1. The van der Waals surface area contributed by atoms with E-state index in [4.69, 9.17) is 18.7 Å². The van der Waals surface area contributed by atoms with Crippen LogP contribution in [0.4, 0.5) is 5.82 Å². The number of aromatic nitrogens is 2. The van der Waals surface area contributed by atoms with E-state index in [-0.39, 0.29) is 11.0 Å². The van der Waals surface area contributed by atoms with Gasteiger partial charge in [0.2, 0.25) is 0 Å². The number of anilines is 1. The Labute approximate surface area is 218 Å². The second-order valence-electron chi connectivity index (χ2n) is 8.30. The van der Waals surface area contributed by atoms with E-state index in [1.807, 2.05) is 20.5 Å². The summed E-state index contributed by atoms with van der Waals surface area (Å²) in [6.45, 7) is 6.81. The van der Waals surface area contributed by atoms with Gasteiger partial charge in [-0.3, -0.25) is 9.48 Å². The van der Waals surface area contributed by atoms with Crippen LogP contribution in [0.25, 0.3) is 0 Å². The largest absolute Gasteiger partial charge is 0.488 e. The number of hydrogen-bond acceptors (Lipinski definition) is 8. The van der Waals surface area contributed by atoms with Gasteiger partial charge in [-0.2, -0.15) is 5.10 Å². The molecule has 0 aliphatic heterocycles. The van der Waals surface area contributed by atoms with Crippen molar-refractivity contribution >= 4 is 29.7 Å². The predicted molar refractivity (Wildman–Crippen MR) is 143 cm³/mol. The molecule has 0 radical (unpaired) electrons. The van der Waals surface area contributed by atoms with Gasteiger partial charge in [0.15, 0.2) is 15.7 Å². The lowest BCUT2D eigenvalue weighted by Gasteiger charge is -2.16. The average molecular weight is 550 g/mol. The normalized spacial score (nSPS) is 13.1. The van der Waals surface area contributed by atoms with Gasteiger partial charge < -0.3 is 24.1 Å². The Hall–Kier alpha value is -2.98. The first-order valence-electron chi connectivity index (χ1n) is 11.5. The molecule has 10 nitrogen and oxygen atoms in total. The quantitative estimate of drug-likeness (QED) is 0.303. The number of nitrogens with zero attached hydrogens (tertiary/aromatic N) is 2. The zero-order chi connectivity index (χ0) is 27.0. The Kier molecular flexibility index (Phi) is 10.0. The molecule has 3 aromatic rings. The summed E-state index contributed by atoms with van der Waals surface area (Å²) in [5.41, 5.74) is 0.298. The topological polar surface area (TPSA) is 118 Å². The van der Waals surface area contributed by atoms with Crippen molar-refractivity contribution < 1.29 is 31.9 Å². The molecule has 1 unspecified atom stereocenters. The molecule has 2 aromatic carbocycles. The van der Waals surface area contributed by atoms with E-state index in [2.05, 4.69) is 10.4 Å². The van der Waals surface area contributed by atoms with Crippen LogP contribution in [0.5, 0.6) is 17.2 Å². The van der Waals surface area contributed by atoms with Crippen LogP contribution in [0.2, 0.25) is 0 Å². The molecule has 200 valence electrons. The second kappa shape index (κ2) is 13.0. The summed E-state index contributed by atoms with van der Waals surface area (Å²) in [4.78, 5) is 13.3. The Morgan fingerprint density at radius 3 is 2.46 bits per heavy atom. The van der Waals surface area contributed by atoms with E-state index >= 15 is 0 Å². The van der Waals surface area contributed by atoms with E-state index in [0.717, 1.165) is 6.26 Å². The summed E-state index contributed by atoms with van der Waals surface area (Å²) in [6, 6.07) is 12.6. The van der Waals surface area contributed by atoms with Gasteiger partial charge in [-0.25, -0.2) is 8.42 Å². The van der Waals surface area contributed by atoms with Crippen molar-refractivity contribution in [3.8, 4) is 17.2 Å². The highest BCUT2D eigenvalue weighted by molar-refractivity contribution is 7.90. The minimum Gasteiger partial charge on any atom is -0.488 e. The molecule has 0 aliphatic rings. The molecule has 0 bridgehead atoms. The maximum absolute atomic E-state index is 13.1. The molecule has 1 amide bonds.